The van der Waals surface area contributed by atoms with Gasteiger partial charge in [-0.3, -0.25) is 14.1 Å². The average Bonchev–Trinajstić information content (AvgIpc) is 3.12. The fraction of sp³-hybridized carbons (Fsp3) is 0.429. The van der Waals surface area contributed by atoms with E-state index in [0.717, 1.165) is 17.0 Å². The van der Waals surface area contributed by atoms with Crippen LogP contribution >= 0.6 is 11.3 Å². The van der Waals surface area contributed by atoms with Crippen molar-refractivity contribution in [1.29, 1.82) is 0 Å². The lowest BCUT2D eigenvalue weighted by atomic mass is 10.1. The van der Waals surface area contributed by atoms with E-state index in [-0.39, 0.29) is 5.56 Å². The molecule has 3 aromatic rings. The number of thiazole rings is 1. The summed E-state index contributed by atoms with van der Waals surface area (Å²) in [6.07, 6.45) is 0. The van der Waals surface area contributed by atoms with Gasteiger partial charge < -0.3 is 18.9 Å². The van der Waals surface area contributed by atoms with Gasteiger partial charge in [-0.05, 0) is 24.6 Å². The second kappa shape index (κ2) is 9.92. The maximum atomic E-state index is 12.5. The Kier molecular flexibility index (Phi) is 7.30. The van der Waals surface area contributed by atoms with Crippen molar-refractivity contribution in [3.05, 3.63) is 50.9 Å². The molecule has 2 aromatic heterocycles. The van der Waals surface area contributed by atoms with Crippen molar-refractivity contribution in [2.24, 2.45) is 0 Å². The molecule has 0 bridgehead atoms. The Morgan fingerprint density at radius 3 is 2.33 bits per heavy atom. The SMILES string of the molecule is COCCN(Cc1cc(OC)c(OC)c(OC)c1)Cc1cc(=O)n2c(C)csc2n1. The predicted molar refractivity (Wildman–Crippen MR) is 116 cm³/mol. The summed E-state index contributed by atoms with van der Waals surface area (Å²) in [4.78, 5) is 20.1. The van der Waals surface area contributed by atoms with Crippen molar-refractivity contribution in [2.45, 2.75) is 20.0 Å². The summed E-state index contributed by atoms with van der Waals surface area (Å²) >= 11 is 1.47. The van der Waals surface area contributed by atoms with Crippen LogP contribution < -0.4 is 19.8 Å². The number of ether oxygens (including phenoxy) is 4. The Bertz CT molecular complexity index is 1040. The number of nitrogens with zero attached hydrogens (tertiary/aromatic N) is 3. The molecule has 0 aliphatic carbocycles. The van der Waals surface area contributed by atoms with E-state index in [1.165, 1.54) is 11.3 Å². The molecule has 162 valence electrons. The Balaban J connectivity index is 1.89. The number of rotatable bonds is 10. The lowest BCUT2D eigenvalue weighted by Crippen LogP contribution is -2.28. The van der Waals surface area contributed by atoms with Crippen LogP contribution in [-0.2, 0) is 17.8 Å². The van der Waals surface area contributed by atoms with Gasteiger partial charge in [0.25, 0.3) is 5.56 Å². The highest BCUT2D eigenvalue weighted by molar-refractivity contribution is 7.15. The number of fused-ring (bicyclic) bond motifs is 1. The van der Waals surface area contributed by atoms with E-state index in [2.05, 4.69) is 9.88 Å². The van der Waals surface area contributed by atoms with Gasteiger partial charge in [0.05, 0.1) is 33.6 Å². The fourth-order valence-corrected chi connectivity index (χ4v) is 4.22. The van der Waals surface area contributed by atoms with E-state index in [0.29, 0.717) is 48.5 Å². The summed E-state index contributed by atoms with van der Waals surface area (Å²) in [6, 6.07) is 5.45. The van der Waals surface area contributed by atoms with Gasteiger partial charge in [-0.25, -0.2) is 4.98 Å². The number of hydrogen-bond donors (Lipinski definition) is 0. The smallest absolute Gasteiger partial charge is 0.259 e. The molecule has 0 spiro atoms. The molecular weight excluding hydrogens is 406 g/mol. The van der Waals surface area contributed by atoms with Crippen LogP contribution in [0.2, 0.25) is 0 Å². The molecule has 0 atom stereocenters. The molecule has 0 fully saturated rings. The molecule has 8 nitrogen and oxygen atoms in total. The molecule has 3 rings (SSSR count). The molecular formula is C21H27N3O5S. The van der Waals surface area contributed by atoms with Gasteiger partial charge in [0.1, 0.15) is 0 Å². The second-order valence-corrected chi connectivity index (χ2v) is 7.65. The summed E-state index contributed by atoms with van der Waals surface area (Å²) in [7, 11) is 6.44. The van der Waals surface area contributed by atoms with Crippen LogP contribution in [0.1, 0.15) is 17.0 Å². The van der Waals surface area contributed by atoms with Crippen LogP contribution in [0.4, 0.5) is 0 Å². The van der Waals surface area contributed by atoms with Crippen molar-refractivity contribution in [3.63, 3.8) is 0 Å². The summed E-state index contributed by atoms with van der Waals surface area (Å²) in [5.41, 5.74) is 2.55. The number of aromatic nitrogens is 2. The second-order valence-electron chi connectivity index (χ2n) is 6.82. The van der Waals surface area contributed by atoms with Crippen LogP contribution in [0.15, 0.2) is 28.4 Å². The minimum atomic E-state index is -0.0618. The van der Waals surface area contributed by atoms with E-state index < -0.39 is 0 Å². The van der Waals surface area contributed by atoms with E-state index in [9.17, 15) is 4.79 Å². The third-order valence-electron chi connectivity index (χ3n) is 4.76. The van der Waals surface area contributed by atoms with E-state index in [4.69, 9.17) is 18.9 Å². The van der Waals surface area contributed by atoms with Crippen LogP contribution in [0, 0.1) is 6.92 Å². The quantitative estimate of drug-likeness (QED) is 0.487. The first-order valence-electron chi connectivity index (χ1n) is 9.47. The first-order valence-corrected chi connectivity index (χ1v) is 10.4. The van der Waals surface area contributed by atoms with E-state index in [1.54, 1.807) is 38.9 Å². The van der Waals surface area contributed by atoms with Crippen molar-refractivity contribution >= 4 is 16.3 Å². The standard InChI is InChI=1S/C21H27N3O5S/c1-14-13-30-21-22-16(10-19(25)24(14)21)12-23(6-7-26-2)11-15-8-17(27-3)20(29-5)18(9-15)28-4/h8-10,13H,6-7,11-12H2,1-5H3. The van der Waals surface area contributed by atoms with Crippen molar-refractivity contribution in [2.75, 3.05) is 41.6 Å². The summed E-state index contributed by atoms with van der Waals surface area (Å²) in [6.45, 7) is 4.26. The summed E-state index contributed by atoms with van der Waals surface area (Å²) < 4.78 is 23.2. The molecule has 0 radical (unpaired) electrons. The monoisotopic (exact) mass is 433 g/mol. The van der Waals surface area contributed by atoms with Gasteiger partial charge in [0, 0.05) is 43.9 Å². The molecule has 0 aliphatic heterocycles. The normalized spacial score (nSPS) is 11.3. The Hall–Kier alpha value is -2.62. The molecule has 0 unspecified atom stereocenters. The van der Waals surface area contributed by atoms with Crippen LogP contribution in [0.3, 0.4) is 0 Å². The molecule has 0 N–H and O–H groups in total. The summed E-state index contributed by atoms with van der Waals surface area (Å²) in [5, 5.41) is 1.94. The van der Waals surface area contributed by atoms with Crippen LogP contribution in [-0.4, -0.2) is 55.9 Å². The molecule has 0 amide bonds. The first kappa shape index (κ1) is 22.1. The third kappa shape index (κ3) is 4.75. The maximum absolute atomic E-state index is 12.5. The van der Waals surface area contributed by atoms with Crippen molar-refractivity contribution in [3.8, 4) is 17.2 Å². The molecule has 0 aliphatic rings. The van der Waals surface area contributed by atoms with Crippen LogP contribution in [0.5, 0.6) is 17.2 Å². The Labute approximate surface area is 179 Å². The molecule has 9 heteroatoms. The minimum absolute atomic E-state index is 0.0618. The number of methoxy groups -OCH3 is 4. The highest BCUT2D eigenvalue weighted by Gasteiger charge is 2.16. The van der Waals surface area contributed by atoms with Gasteiger partial charge in [0.15, 0.2) is 16.5 Å². The van der Waals surface area contributed by atoms with Crippen LogP contribution in [0.25, 0.3) is 4.96 Å². The fourth-order valence-electron chi connectivity index (χ4n) is 3.33. The number of hydrogen-bond acceptors (Lipinski definition) is 8. The molecule has 0 saturated heterocycles. The summed E-state index contributed by atoms with van der Waals surface area (Å²) in [5.74, 6) is 1.76. The lowest BCUT2D eigenvalue weighted by Gasteiger charge is -2.23. The zero-order valence-electron chi connectivity index (χ0n) is 17.9. The van der Waals surface area contributed by atoms with Gasteiger partial charge in [-0.2, -0.15) is 0 Å². The van der Waals surface area contributed by atoms with Gasteiger partial charge in [-0.15, -0.1) is 11.3 Å². The lowest BCUT2D eigenvalue weighted by molar-refractivity contribution is 0.139. The zero-order valence-corrected chi connectivity index (χ0v) is 18.7. The molecule has 30 heavy (non-hydrogen) atoms. The molecule has 0 saturated carbocycles. The number of benzene rings is 1. The van der Waals surface area contributed by atoms with E-state index in [1.807, 2.05) is 24.4 Å². The van der Waals surface area contributed by atoms with Gasteiger partial charge in [0.2, 0.25) is 5.75 Å². The Morgan fingerprint density at radius 1 is 1.03 bits per heavy atom. The highest BCUT2D eigenvalue weighted by Crippen LogP contribution is 2.38. The van der Waals surface area contributed by atoms with Gasteiger partial charge >= 0.3 is 0 Å². The first-order chi connectivity index (χ1) is 14.5. The minimum Gasteiger partial charge on any atom is -0.493 e. The number of aryl methyl sites for hydroxylation is 1. The highest BCUT2D eigenvalue weighted by atomic mass is 32.1. The molecule has 2 heterocycles. The Morgan fingerprint density at radius 2 is 1.73 bits per heavy atom. The average molecular weight is 434 g/mol. The maximum Gasteiger partial charge on any atom is 0.259 e. The van der Waals surface area contributed by atoms with Crippen molar-refractivity contribution < 1.29 is 18.9 Å². The third-order valence-corrected chi connectivity index (χ3v) is 5.70. The van der Waals surface area contributed by atoms with Crippen molar-refractivity contribution in [1.82, 2.24) is 14.3 Å². The van der Waals surface area contributed by atoms with Gasteiger partial charge in [-0.1, -0.05) is 0 Å². The topological polar surface area (TPSA) is 74.5 Å². The zero-order chi connectivity index (χ0) is 21.7. The van der Waals surface area contributed by atoms with E-state index >= 15 is 0 Å². The largest absolute Gasteiger partial charge is 0.493 e. The predicted octanol–water partition coefficient (Wildman–Crippen LogP) is 2.74. The molecule has 1 aromatic carbocycles.